The molecule has 0 aromatic heterocycles. The lowest BCUT2D eigenvalue weighted by Gasteiger charge is -2.43. The monoisotopic (exact) mass is 456 g/mol. The SMILES string of the molecule is CC(=O)OC[C@H]1O[C@@H](Oc2cccc(O)c2O)[C@H](OC(C)=O)[C@@H](OC(C)=O)[C@H]1OC(C)=O. The summed E-state index contributed by atoms with van der Waals surface area (Å²) in [6, 6.07) is 3.87. The van der Waals surface area contributed by atoms with Crippen molar-refractivity contribution in [2.24, 2.45) is 0 Å². The Kier molecular flexibility index (Phi) is 8.24. The average Bonchev–Trinajstić information content (AvgIpc) is 2.67. The third-order valence-corrected chi connectivity index (χ3v) is 4.17. The maximum Gasteiger partial charge on any atom is 0.303 e. The molecule has 0 unspecified atom stereocenters. The highest BCUT2D eigenvalue weighted by Crippen LogP contribution is 2.38. The van der Waals surface area contributed by atoms with Gasteiger partial charge in [0.1, 0.15) is 12.7 Å². The molecule has 0 aliphatic carbocycles. The lowest BCUT2D eigenvalue weighted by Crippen LogP contribution is -2.63. The predicted octanol–water partition coefficient (Wildman–Crippen LogP) is 0.560. The van der Waals surface area contributed by atoms with E-state index in [-0.39, 0.29) is 5.75 Å². The van der Waals surface area contributed by atoms with E-state index in [9.17, 15) is 29.4 Å². The molecule has 0 saturated carbocycles. The number of para-hydroxylation sites is 1. The Morgan fingerprint density at radius 3 is 1.97 bits per heavy atom. The van der Waals surface area contributed by atoms with E-state index in [0.29, 0.717) is 0 Å². The van der Waals surface area contributed by atoms with Crippen LogP contribution in [-0.4, -0.2) is 71.4 Å². The van der Waals surface area contributed by atoms with Crippen molar-refractivity contribution >= 4 is 23.9 Å². The quantitative estimate of drug-likeness (QED) is 0.333. The number of carbonyl (C=O) groups is 4. The summed E-state index contributed by atoms with van der Waals surface area (Å²) in [5.74, 6) is -4.39. The van der Waals surface area contributed by atoms with Gasteiger partial charge in [-0.2, -0.15) is 0 Å². The van der Waals surface area contributed by atoms with Crippen LogP contribution in [0.5, 0.6) is 17.2 Å². The molecule has 0 amide bonds. The standard InChI is InChI=1S/C20H24O12/c1-9(21)27-8-15-17(28-10(2)22)18(29-11(3)23)19(30-12(4)24)20(32-15)31-14-7-5-6-13(25)16(14)26/h5-7,15,17-20,25-26H,8H2,1-4H3/t15-,17+,18+,19-,20-/m1/s1. The normalized spacial score (nSPS) is 24.7. The minimum atomic E-state index is -1.52. The van der Waals surface area contributed by atoms with Crippen LogP contribution in [-0.2, 0) is 42.9 Å². The highest BCUT2D eigenvalue weighted by Gasteiger charge is 2.53. The summed E-state index contributed by atoms with van der Waals surface area (Å²) in [6.07, 6.45) is -6.94. The van der Waals surface area contributed by atoms with Gasteiger partial charge in [0.2, 0.25) is 18.1 Å². The van der Waals surface area contributed by atoms with Crippen LogP contribution in [0.2, 0.25) is 0 Å². The molecule has 1 aromatic rings. The second kappa shape index (κ2) is 10.7. The number of phenolic OH excluding ortho intramolecular Hbond substituents is 2. The summed E-state index contributed by atoms with van der Waals surface area (Å²) in [5.41, 5.74) is 0. The lowest BCUT2D eigenvalue weighted by molar-refractivity contribution is -0.288. The van der Waals surface area contributed by atoms with E-state index < -0.39 is 72.7 Å². The predicted molar refractivity (Wildman–Crippen MR) is 102 cm³/mol. The first-order valence-corrected chi connectivity index (χ1v) is 9.47. The van der Waals surface area contributed by atoms with E-state index in [1.807, 2.05) is 0 Å². The first-order valence-electron chi connectivity index (χ1n) is 9.47. The zero-order valence-electron chi connectivity index (χ0n) is 17.8. The fourth-order valence-electron chi connectivity index (χ4n) is 3.01. The number of hydrogen-bond acceptors (Lipinski definition) is 12. The van der Waals surface area contributed by atoms with Crippen molar-refractivity contribution in [2.45, 2.75) is 58.4 Å². The molecule has 1 aromatic carbocycles. The molecule has 1 fully saturated rings. The molecule has 12 heteroatoms. The minimum Gasteiger partial charge on any atom is -0.504 e. The molecule has 1 aliphatic rings. The number of ether oxygens (including phenoxy) is 6. The topological polar surface area (TPSA) is 164 Å². The molecule has 2 N–H and O–H groups in total. The van der Waals surface area contributed by atoms with Crippen LogP contribution in [0.15, 0.2) is 18.2 Å². The van der Waals surface area contributed by atoms with Crippen molar-refractivity contribution in [1.29, 1.82) is 0 Å². The number of esters is 4. The summed E-state index contributed by atoms with van der Waals surface area (Å²) in [6.45, 7) is 3.99. The van der Waals surface area contributed by atoms with Gasteiger partial charge in [-0.05, 0) is 12.1 Å². The van der Waals surface area contributed by atoms with Crippen molar-refractivity contribution in [3.63, 3.8) is 0 Å². The van der Waals surface area contributed by atoms with Gasteiger partial charge in [0, 0.05) is 27.7 Å². The smallest absolute Gasteiger partial charge is 0.303 e. The fraction of sp³-hybridized carbons (Fsp3) is 0.500. The third kappa shape index (κ3) is 6.48. The van der Waals surface area contributed by atoms with E-state index in [4.69, 9.17) is 28.4 Å². The summed E-state index contributed by atoms with van der Waals surface area (Å²) in [5, 5.41) is 19.8. The van der Waals surface area contributed by atoms with E-state index in [1.165, 1.54) is 18.2 Å². The molecular weight excluding hydrogens is 432 g/mol. The molecule has 1 heterocycles. The largest absolute Gasteiger partial charge is 0.504 e. The number of rotatable bonds is 7. The second-order valence-electron chi connectivity index (χ2n) is 6.81. The molecule has 0 bridgehead atoms. The van der Waals surface area contributed by atoms with Crippen molar-refractivity contribution < 1.29 is 57.8 Å². The zero-order valence-corrected chi connectivity index (χ0v) is 17.8. The zero-order chi connectivity index (χ0) is 24.0. The molecule has 0 radical (unpaired) electrons. The van der Waals surface area contributed by atoms with E-state index in [1.54, 1.807) is 0 Å². The third-order valence-electron chi connectivity index (χ3n) is 4.17. The Balaban J connectivity index is 2.49. The van der Waals surface area contributed by atoms with E-state index in [2.05, 4.69) is 0 Å². The molecule has 12 nitrogen and oxygen atoms in total. The van der Waals surface area contributed by atoms with Gasteiger partial charge < -0.3 is 38.6 Å². The molecule has 1 aliphatic heterocycles. The van der Waals surface area contributed by atoms with Crippen molar-refractivity contribution in [1.82, 2.24) is 0 Å². The number of benzene rings is 1. The van der Waals surface area contributed by atoms with Gasteiger partial charge in [0.25, 0.3) is 0 Å². The Morgan fingerprint density at radius 2 is 1.41 bits per heavy atom. The van der Waals surface area contributed by atoms with Crippen LogP contribution in [0, 0.1) is 0 Å². The summed E-state index contributed by atoms with van der Waals surface area (Å²) in [7, 11) is 0. The first kappa shape index (κ1) is 24.7. The van der Waals surface area contributed by atoms with E-state index in [0.717, 1.165) is 27.7 Å². The fourth-order valence-corrected chi connectivity index (χ4v) is 3.01. The van der Waals surface area contributed by atoms with Crippen LogP contribution < -0.4 is 4.74 Å². The molecule has 1 saturated heterocycles. The number of hydrogen-bond donors (Lipinski definition) is 2. The van der Waals surface area contributed by atoms with Crippen LogP contribution in [0.3, 0.4) is 0 Å². The highest BCUT2D eigenvalue weighted by atomic mass is 16.7. The van der Waals surface area contributed by atoms with Gasteiger partial charge in [-0.15, -0.1) is 0 Å². The van der Waals surface area contributed by atoms with Crippen molar-refractivity contribution in [2.75, 3.05) is 6.61 Å². The van der Waals surface area contributed by atoms with Crippen molar-refractivity contribution in [3.05, 3.63) is 18.2 Å². The van der Waals surface area contributed by atoms with Crippen LogP contribution in [0.25, 0.3) is 0 Å². The Bertz CT molecular complexity index is 866. The Morgan fingerprint density at radius 1 is 0.844 bits per heavy atom. The van der Waals surface area contributed by atoms with Crippen LogP contribution in [0.4, 0.5) is 0 Å². The Labute approximate surface area is 182 Å². The van der Waals surface area contributed by atoms with Gasteiger partial charge in [0.15, 0.2) is 23.7 Å². The molecule has 0 spiro atoms. The maximum atomic E-state index is 11.8. The van der Waals surface area contributed by atoms with Gasteiger partial charge in [0.05, 0.1) is 0 Å². The molecule has 32 heavy (non-hydrogen) atoms. The van der Waals surface area contributed by atoms with Crippen LogP contribution >= 0.6 is 0 Å². The Hall–Kier alpha value is -3.54. The number of phenols is 2. The highest BCUT2D eigenvalue weighted by molar-refractivity contribution is 5.68. The molecular formula is C20H24O12. The van der Waals surface area contributed by atoms with Gasteiger partial charge in [-0.3, -0.25) is 19.2 Å². The second-order valence-corrected chi connectivity index (χ2v) is 6.81. The lowest BCUT2D eigenvalue weighted by atomic mass is 9.98. The van der Waals surface area contributed by atoms with Gasteiger partial charge in [-0.25, -0.2) is 0 Å². The number of carbonyl (C=O) groups excluding carboxylic acids is 4. The maximum absolute atomic E-state index is 11.8. The molecule has 176 valence electrons. The molecule has 2 rings (SSSR count). The average molecular weight is 456 g/mol. The summed E-state index contributed by atoms with van der Waals surface area (Å²) < 4.78 is 32.0. The van der Waals surface area contributed by atoms with Crippen molar-refractivity contribution in [3.8, 4) is 17.2 Å². The van der Waals surface area contributed by atoms with E-state index >= 15 is 0 Å². The van der Waals surface area contributed by atoms with Crippen LogP contribution in [0.1, 0.15) is 27.7 Å². The molecule has 5 atom stereocenters. The summed E-state index contributed by atoms with van der Waals surface area (Å²) >= 11 is 0. The summed E-state index contributed by atoms with van der Waals surface area (Å²) in [4.78, 5) is 46.5. The first-order chi connectivity index (χ1) is 15.0. The van der Waals surface area contributed by atoms with Gasteiger partial charge in [-0.1, -0.05) is 6.07 Å². The minimum absolute atomic E-state index is 0.245. The van der Waals surface area contributed by atoms with Gasteiger partial charge >= 0.3 is 23.9 Å². The number of aromatic hydroxyl groups is 2.